The first kappa shape index (κ1) is 16.9. The first-order valence-corrected chi connectivity index (χ1v) is 9.87. The topological polar surface area (TPSA) is 84.5 Å². The minimum absolute atomic E-state index is 0.000564. The number of ether oxygens (including phenoxy) is 1. The first-order chi connectivity index (χ1) is 11.5. The molecule has 0 aliphatic heterocycles. The van der Waals surface area contributed by atoms with E-state index in [2.05, 4.69) is 10.0 Å². The molecular formula is C16H18N2O4S2. The molecule has 24 heavy (non-hydrogen) atoms. The number of hydrogen-bond acceptors (Lipinski definition) is 5. The number of nitrogens with one attached hydrogen (secondary N) is 2. The van der Waals surface area contributed by atoms with Crippen LogP contribution in [0.2, 0.25) is 0 Å². The van der Waals surface area contributed by atoms with Gasteiger partial charge in [0, 0.05) is 18.2 Å². The highest BCUT2D eigenvalue weighted by Gasteiger charge is 2.31. The van der Waals surface area contributed by atoms with Crippen LogP contribution >= 0.6 is 11.3 Å². The van der Waals surface area contributed by atoms with Gasteiger partial charge in [-0.25, -0.2) is 13.1 Å². The van der Waals surface area contributed by atoms with Crippen LogP contribution in [0.3, 0.4) is 0 Å². The smallest absolute Gasteiger partial charge is 0.263 e. The molecule has 1 saturated carbocycles. The Balaban J connectivity index is 1.73. The molecule has 2 N–H and O–H groups in total. The predicted molar refractivity (Wildman–Crippen MR) is 91.8 cm³/mol. The Morgan fingerprint density at radius 2 is 2.04 bits per heavy atom. The Morgan fingerprint density at radius 3 is 2.75 bits per heavy atom. The van der Waals surface area contributed by atoms with E-state index in [0.717, 1.165) is 29.7 Å². The normalized spacial score (nSPS) is 14.4. The molecule has 0 bridgehead atoms. The zero-order chi connectivity index (χ0) is 17.2. The molecule has 1 amide bonds. The fourth-order valence-corrected chi connectivity index (χ4v) is 4.91. The monoisotopic (exact) mass is 366 g/mol. The van der Waals surface area contributed by atoms with Gasteiger partial charge < -0.3 is 10.1 Å². The zero-order valence-electron chi connectivity index (χ0n) is 13.1. The highest BCUT2D eigenvalue weighted by Crippen LogP contribution is 2.26. The summed E-state index contributed by atoms with van der Waals surface area (Å²) in [7, 11) is -2.09. The van der Waals surface area contributed by atoms with Crippen molar-refractivity contribution < 1.29 is 17.9 Å². The van der Waals surface area contributed by atoms with Crippen molar-refractivity contribution in [2.24, 2.45) is 0 Å². The number of sulfonamides is 1. The largest absolute Gasteiger partial charge is 0.496 e. The van der Waals surface area contributed by atoms with Gasteiger partial charge in [-0.3, -0.25) is 4.79 Å². The van der Waals surface area contributed by atoms with Crippen molar-refractivity contribution in [3.05, 3.63) is 46.2 Å². The van der Waals surface area contributed by atoms with Crippen molar-refractivity contribution in [2.45, 2.75) is 30.3 Å². The quantitative estimate of drug-likeness (QED) is 0.786. The molecule has 2 aromatic rings. The van der Waals surface area contributed by atoms with Crippen molar-refractivity contribution in [3.63, 3.8) is 0 Å². The Labute approximate surface area is 144 Å². The lowest BCUT2D eigenvalue weighted by Gasteiger charge is -2.10. The van der Waals surface area contributed by atoms with Crippen molar-refractivity contribution >= 4 is 27.3 Å². The number of rotatable bonds is 7. The third kappa shape index (κ3) is 3.77. The highest BCUT2D eigenvalue weighted by molar-refractivity contribution is 7.89. The maximum absolute atomic E-state index is 12.4. The molecule has 6 nitrogen and oxygen atoms in total. The predicted octanol–water partition coefficient (Wildman–Crippen LogP) is 2.13. The Kier molecular flexibility index (Phi) is 4.88. The second-order valence-electron chi connectivity index (χ2n) is 5.50. The van der Waals surface area contributed by atoms with E-state index in [1.165, 1.54) is 6.07 Å². The second kappa shape index (κ2) is 6.92. The van der Waals surface area contributed by atoms with Crippen LogP contribution in [0.1, 0.15) is 28.1 Å². The van der Waals surface area contributed by atoms with Crippen LogP contribution in [0, 0.1) is 0 Å². The summed E-state index contributed by atoms with van der Waals surface area (Å²) in [6.07, 6.45) is 1.69. The lowest BCUT2D eigenvalue weighted by atomic mass is 10.2. The standard InChI is InChI=1S/C16H18N2O4S2/c1-22-13-5-3-2-4-11(13)10-17-16(19)15-14(8-9-23-15)24(20,21)18-12-6-7-12/h2-5,8-9,12,18H,6-7,10H2,1H3,(H,17,19). The SMILES string of the molecule is COc1ccccc1CNC(=O)c1sccc1S(=O)(=O)NC1CC1. The summed E-state index contributed by atoms with van der Waals surface area (Å²) in [6, 6.07) is 8.82. The molecule has 0 atom stereocenters. The fraction of sp³-hybridized carbons (Fsp3) is 0.312. The number of carbonyl (C=O) groups excluding carboxylic acids is 1. The van der Waals surface area contributed by atoms with Gasteiger partial charge in [0.25, 0.3) is 5.91 Å². The van der Waals surface area contributed by atoms with Crippen molar-refractivity contribution in [1.82, 2.24) is 10.0 Å². The zero-order valence-corrected chi connectivity index (χ0v) is 14.7. The van der Waals surface area contributed by atoms with Crippen molar-refractivity contribution in [1.29, 1.82) is 0 Å². The van der Waals surface area contributed by atoms with Crippen LogP contribution in [-0.4, -0.2) is 27.5 Å². The third-order valence-electron chi connectivity index (χ3n) is 3.66. The molecule has 0 saturated heterocycles. The van der Waals surface area contributed by atoms with Gasteiger partial charge in [0.05, 0.1) is 7.11 Å². The maximum Gasteiger partial charge on any atom is 0.263 e. The summed E-state index contributed by atoms with van der Waals surface area (Å²) in [5.74, 6) is 0.263. The number of thiophene rings is 1. The molecule has 0 unspecified atom stereocenters. The van der Waals surface area contributed by atoms with Gasteiger partial charge in [-0.05, 0) is 30.4 Å². The van der Waals surface area contributed by atoms with Gasteiger partial charge in [-0.2, -0.15) is 0 Å². The second-order valence-corrected chi connectivity index (χ2v) is 8.10. The van der Waals surface area contributed by atoms with E-state index in [1.54, 1.807) is 12.5 Å². The minimum Gasteiger partial charge on any atom is -0.496 e. The minimum atomic E-state index is -3.65. The average Bonchev–Trinajstić information content (AvgIpc) is 3.22. The van der Waals surface area contributed by atoms with Gasteiger partial charge in [0.15, 0.2) is 0 Å². The number of benzene rings is 1. The molecular weight excluding hydrogens is 348 g/mol. The summed E-state index contributed by atoms with van der Waals surface area (Å²) in [4.78, 5) is 12.6. The van der Waals surface area contributed by atoms with E-state index in [9.17, 15) is 13.2 Å². The lowest BCUT2D eigenvalue weighted by molar-refractivity contribution is 0.0951. The molecule has 8 heteroatoms. The lowest BCUT2D eigenvalue weighted by Crippen LogP contribution is -2.29. The Bertz CT molecular complexity index is 841. The first-order valence-electron chi connectivity index (χ1n) is 7.51. The van der Waals surface area contributed by atoms with Gasteiger partial charge in [0.1, 0.15) is 15.5 Å². The summed E-state index contributed by atoms with van der Waals surface area (Å²) in [5, 5.41) is 4.37. The van der Waals surface area contributed by atoms with E-state index in [1.807, 2.05) is 24.3 Å². The van der Waals surface area contributed by atoms with Gasteiger partial charge in [-0.1, -0.05) is 18.2 Å². The summed E-state index contributed by atoms with van der Waals surface area (Å²) in [5.41, 5.74) is 0.824. The van der Waals surface area contributed by atoms with Crippen molar-refractivity contribution in [3.8, 4) is 5.75 Å². The molecule has 0 spiro atoms. The Morgan fingerprint density at radius 1 is 1.29 bits per heavy atom. The number of methoxy groups -OCH3 is 1. The van der Waals surface area contributed by atoms with Crippen LogP contribution in [-0.2, 0) is 16.6 Å². The van der Waals surface area contributed by atoms with Crippen molar-refractivity contribution in [2.75, 3.05) is 7.11 Å². The fourth-order valence-electron chi connectivity index (χ4n) is 2.26. The van der Waals surface area contributed by atoms with Crippen LogP contribution in [0.4, 0.5) is 0 Å². The average molecular weight is 366 g/mol. The van der Waals surface area contributed by atoms with Gasteiger partial charge >= 0.3 is 0 Å². The number of hydrogen-bond donors (Lipinski definition) is 2. The van der Waals surface area contributed by atoms with E-state index >= 15 is 0 Å². The maximum atomic E-state index is 12.4. The molecule has 1 aromatic heterocycles. The summed E-state index contributed by atoms with van der Waals surface area (Å²) < 4.78 is 32.5. The molecule has 1 aromatic carbocycles. The molecule has 1 aliphatic rings. The summed E-state index contributed by atoms with van der Waals surface area (Å²) in [6.45, 7) is 0.260. The molecule has 128 valence electrons. The van der Waals surface area contributed by atoms with E-state index in [-0.39, 0.29) is 22.4 Å². The summed E-state index contributed by atoms with van der Waals surface area (Å²) >= 11 is 1.11. The molecule has 3 rings (SSSR count). The van der Waals surface area contributed by atoms with Crippen LogP contribution in [0.15, 0.2) is 40.6 Å². The van der Waals surface area contributed by atoms with Gasteiger partial charge in [-0.15, -0.1) is 11.3 Å². The number of para-hydroxylation sites is 1. The molecule has 0 radical (unpaired) electrons. The molecule has 1 heterocycles. The van der Waals surface area contributed by atoms with E-state index in [0.29, 0.717) is 5.75 Å². The highest BCUT2D eigenvalue weighted by atomic mass is 32.2. The van der Waals surface area contributed by atoms with Crippen LogP contribution < -0.4 is 14.8 Å². The number of amides is 1. The number of carbonyl (C=O) groups is 1. The Hall–Kier alpha value is -1.90. The van der Waals surface area contributed by atoms with E-state index < -0.39 is 15.9 Å². The molecule has 1 fully saturated rings. The van der Waals surface area contributed by atoms with E-state index in [4.69, 9.17) is 4.74 Å². The van der Waals surface area contributed by atoms with Crippen LogP contribution in [0.5, 0.6) is 5.75 Å². The third-order valence-corrected chi connectivity index (χ3v) is 6.26. The van der Waals surface area contributed by atoms with Gasteiger partial charge in [0.2, 0.25) is 10.0 Å². The molecule has 1 aliphatic carbocycles. The van der Waals surface area contributed by atoms with Crippen LogP contribution in [0.25, 0.3) is 0 Å².